The average Bonchev–Trinajstić information content (AvgIpc) is 2.97. The number of nitrogens with zero attached hydrogens (tertiary/aromatic N) is 2. The molecule has 1 amide bonds. The predicted octanol–water partition coefficient (Wildman–Crippen LogP) is 3.12. The Kier molecular flexibility index (Phi) is 5.06. The van der Waals surface area contributed by atoms with Crippen molar-refractivity contribution in [3.05, 3.63) is 78.6 Å². The first-order chi connectivity index (χ1) is 11.8. The highest BCUT2D eigenvalue weighted by Crippen LogP contribution is 2.17. The molecule has 0 spiro atoms. The van der Waals surface area contributed by atoms with Gasteiger partial charge in [-0.25, -0.2) is 4.98 Å². The molecule has 0 atom stereocenters. The molecule has 0 saturated heterocycles. The summed E-state index contributed by atoms with van der Waals surface area (Å²) in [6, 6.07) is 18.3. The van der Waals surface area contributed by atoms with Crippen molar-refractivity contribution in [2.45, 2.75) is 19.4 Å². The lowest BCUT2D eigenvalue weighted by atomic mass is 10.1. The van der Waals surface area contributed by atoms with Gasteiger partial charge in [-0.2, -0.15) is 0 Å². The second kappa shape index (κ2) is 7.59. The van der Waals surface area contributed by atoms with E-state index in [0.29, 0.717) is 6.54 Å². The van der Waals surface area contributed by atoms with Gasteiger partial charge in [0.2, 0.25) is 5.91 Å². The van der Waals surface area contributed by atoms with E-state index < -0.39 is 0 Å². The van der Waals surface area contributed by atoms with E-state index in [9.17, 15) is 4.79 Å². The molecule has 1 heterocycles. The fourth-order valence-corrected chi connectivity index (χ4v) is 2.78. The summed E-state index contributed by atoms with van der Waals surface area (Å²) in [5.41, 5.74) is 3.19. The van der Waals surface area contributed by atoms with Gasteiger partial charge >= 0.3 is 0 Å². The zero-order valence-corrected chi connectivity index (χ0v) is 13.6. The van der Waals surface area contributed by atoms with E-state index in [1.807, 2.05) is 47.0 Å². The van der Waals surface area contributed by atoms with Crippen LogP contribution in [0.25, 0.3) is 11.0 Å². The second-order valence-corrected chi connectivity index (χ2v) is 5.68. The normalized spacial score (nSPS) is 10.7. The van der Waals surface area contributed by atoms with Crippen molar-refractivity contribution in [2.75, 3.05) is 6.54 Å². The van der Waals surface area contributed by atoms with Crippen molar-refractivity contribution in [3.63, 3.8) is 0 Å². The summed E-state index contributed by atoms with van der Waals surface area (Å²) in [7, 11) is 0. The molecule has 1 aromatic heterocycles. The molecule has 3 aromatic rings. The molecule has 4 nitrogen and oxygen atoms in total. The molecule has 0 unspecified atom stereocenters. The van der Waals surface area contributed by atoms with Crippen LogP contribution in [-0.4, -0.2) is 22.0 Å². The number of carbonyl (C=O) groups is 1. The lowest BCUT2D eigenvalue weighted by Gasteiger charge is -2.09. The Morgan fingerprint density at radius 1 is 1.08 bits per heavy atom. The minimum absolute atomic E-state index is 0.0287. The van der Waals surface area contributed by atoms with Crippen LogP contribution in [0, 0.1) is 0 Å². The molecule has 0 saturated carbocycles. The molecule has 0 aliphatic heterocycles. The number of carbonyl (C=O) groups excluding carboxylic acids is 1. The summed E-state index contributed by atoms with van der Waals surface area (Å²) in [6.07, 6.45) is 3.38. The Bertz CT molecular complexity index is 836. The monoisotopic (exact) mass is 319 g/mol. The maximum absolute atomic E-state index is 12.1. The Labute approximate surface area is 141 Å². The molecule has 24 heavy (non-hydrogen) atoms. The molecule has 0 aliphatic carbocycles. The number of aromatic nitrogens is 2. The highest BCUT2D eigenvalue weighted by molar-refractivity contribution is 5.81. The summed E-state index contributed by atoms with van der Waals surface area (Å²) in [4.78, 5) is 16.9. The fourth-order valence-electron chi connectivity index (χ4n) is 2.78. The van der Waals surface area contributed by atoms with Crippen LogP contribution in [-0.2, 0) is 24.2 Å². The van der Waals surface area contributed by atoms with Crippen LogP contribution in [0.4, 0.5) is 0 Å². The van der Waals surface area contributed by atoms with Crippen molar-refractivity contribution >= 4 is 16.9 Å². The van der Waals surface area contributed by atoms with Gasteiger partial charge in [0.25, 0.3) is 0 Å². The second-order valence-electron chi connectivity index (χ2n) is 5.68. The number of benzene rings is 2. The summed E-state index contributed by atoms with van der Waals surface area (Å²) < 4.78 is 2.01. The van der Waals surface area contributed by atoms with E-state index in [0.717, 1.165) is 29.7 Å². The van der Waals surface area contributed by atoms with E-state index in [-0.39, 0.29) is 12.5 Å². The SMILES string of the molecule is C=CCNC(=O)Cn1c(CCc2ccccc2)nc2ccccc21. The van der Waals surface area contributed by atoms with E-state index in [4.69, 9.17) is 4.98 Å². The number of aryl methyl sites for hydroxylation is 2. The van der Waals surface area contributed by atoms with Crippen molar-refractivity contribution in [1.82, 2.24) is 14.9 Å². The molecule has 2 aromatic carbocycles. The molecule has 0 fully saturated rings. The molecule has 0 bridgehead atoms. The third-order valence-corrected chi connectivity index (χ3v) is 3.96. The van der Waals surface area contributed by atoms with E-state index in [1.165, 1.54) is 5.56 Å². The van der Waals surface area contributed by atoms with Crippen molar-refractivity contribution < 1.29 is 4.79 Å². The summed E-state index contributed by atoms with van der Waals surface area (Å²) in [5.74, 6) is 0.910. The number of amides is 1. The van der Waals surface area contributed by atoms with Gasteiger partial charge in [-0.05, 0) is 24.1 Å². The number of hydrogen-bond donors (Lipinski definition) is 1. The Morgan fingerprint density at radius 3 is 2.62 bits per heavy atom. The van der Waals surface area contributed by atoms with Crippen LogP contribution in [0.5, 0.6) is 0 Å². The van der Waals surface area contributed by atoms with Gasteiger partial charge in [0.15, 0.2) is 0 Å². The third kappa shape index (κ3) is 3.71. The highest BCUT2D eigenvalue weighted by atomic mass is 16.1. The zero-order valence-electron chi connectivity index (χ0n) is 13.6. The number of para-hydroxylation sites is 2. The molecule has 4 heteroatoms. The topological polar surface area (TPSA) is 46.9 Å². The van der Waals surface area contributed by atoms with Crippen LogP contribution < -0.4 is 5.32 Å². The summed E-state index contributed by atoms with van der Waals surface area (Å²) in [5, 5.41) is 2.83. The van der Waals surface area contributed by atoms with Gasteiger partial charge in [-0.15, -0.1) is 6.58 Å². The lowest BCUT2D eigenvalue weighted by Crippen LogP contribution is -2.28. The average molecular weight is 319 g/mol. The van der Waals surface area contributed by atoms with Crippen molar-refractivity contribution in [3.8, 4) is 0 Å². The lowest BCUT2D eigenvalue weighted by molar-refractivity contribution is -0.121. The molecule has 0 radical (unpaired) electrons. The van der Waals surface area contributed by atoms with Crippen molar-refractivity contribution in [2.24, 2.45) is 0 Å². The van der Waals surface area contributed by atoms with Crippen LogP contribution >= 0.6 is 0 Å². The van der Waals surface area contributed by atoms with Crippen LogP contribution in [0.3, 0.4) is 0 Å². The van der Waals surface area contributed by atoms with Gasteiger partial charge in [0.05, 0.1) is 11.0 Å². The fraction of sp³-hybridized carbons (Fsp3) is 0.200. The van der Waals surface area contributed by atoms with E-state index >= 15 is 0 Å². The van der Waals surface area contributed by atoms with Gasteiger partial charge in [0.1, 0.15) is 12.4 Å². The molecule has 1 N–H and O–H groups in total. The van der Waals surface area contributed by atoms with Crippen LogP contribution in [0.1, 0.15) is 11.4 Å². The maximum atomic E-state index is 12.1. The number of fused-ring (bicyclic) bond motifs is 1. The number of rotatable bonds is 7. The first kappa shape index (κ1) is 16.0. The summed E-state index contributed by atoms with van der Waals surface area (Å²) in [6.45, 7) is 4.38. The number of imidazole rings is 1. The highest BCUT2D eigenvalue weighted by Gasteiger charge is 2.13. The van der Waals surface area contributed by atoms with E-state index in [2.05, 4.69) is 24.0 Å². The van der Waals surface area contributed by atoms with Gasteiger partial charge in [-0.1, -0.05) is 48.5 Å². The van der Waals surface area contributed by atoms with Gasteiger partial charge in [-0.3, -0.25) is 4.79 Å². The minimum Gasteiger partial charge on any atom is -0.351 e. The zero-order chi connectivity index (χ0) is 16.8. The standard InChI is InChI=1S/C20H21N3O/c1-2-14-21-20(24)15-23-18-11-7-6-10-17(18)22-19(23)13-12-16-8-4-3-5-9-16/h2-11H,1,12-15H2,(H,21,24). The first-order valence-corrected chi connectivity index (χ1v) is 8.13. The van der Waals surface area contributed by atoms with Crippen LogP contribution in [0.15, 0.2) is 67.3 Å². The third-order valence-electron chi connectivity index (χ3n) is 3.96. The number of hydrogen-bond acceptors (Lipinski definition) is 2. The largest absolute Gasteiger partial charge is 0.351 e. The van der Waals surface area contributed by atoms with Gasteiger partial charge < -0.3 is 9.88 Å². The molecular formula is C20H21N3O. The van der Waals surface area contributed by atoms with Gasteiger partial charge in [0, 0.05) is 13.0 Å². The Balaban J connectivity index is 1.84. The smallest absolute Gasteiger partial charge is 0.240 e. The molecule has 122 valence electrons. The Hall–Kier alpha value is -2.88. The minimum atomic E-state index is -0.0287. The van der Waals surface area contributed by atoms with Crippen molar-refractivity contribution in [1.29, 1.82) is 0 Å². The first-order valence-electron chi connectivity index (χ1n) is 8.13. The predicted molar refractivity (Wildman–Crippen MR) is 96.8 cm³/mol. The number of nitrogens with one attached hydrogen (secondary N) is 1. The molecule has 3 rings (SSSR count). The maximum Gasteiger partial charge on any atom is 0.240 e. The van der Waals surface area contributed by atoms with Crippen LogP contribution in [0.2, 0.25) is 0 Å². The summed E-state index contributed by atoms with van der Waals surface area (Å²) >= 11 is 0. The Morgan fingerprint density at radius 2 is 1.83 bits per heavy atom. The quantitative estimate of drug-likeness (QED) is 0.680. The molecular weight excluding hydrogens is 298 g/mol. The van der Waals surface area contributed by atoms with E-state index in [1.54, 1.807) is 6.08 Å². The molecule has 0 aliphatic rings.